The zero-order chi connectivity index (χ0) is 11.5. The van der Waals surface area contributed by atoms with Crippen LogP contribution in [0, 0.1) is 0 Å². The number of nitrogens with two attached hydrogens (primary N) is 1. The van der Waals surface area contributed by atoms with Gasteiger partial charge in [0, 0.05) is 5.69 Å². The Balaban J connectivity index is 2.84. The second-order valence-electron chi connectivity index (χ2n) is 2.95. The molecule has 0 heterocycles. The van der Waals surface area contributed by atoms with Crippen molar-refractivity contribution in [1.82, 2.24) is 0 Å². The molecule has 7 heteroatoms. The molecule has 1 aromatic rings. The van der Waals surface area contributed by atoms with Crippen molar-refractivity contribution in [2.24, 2.45) is 5.73 Å². The first-order chi connectivity index (χ1) is 6.89. The third-order valence-corrected chi connectivity index (χ3v) is 2.50. The highest BCUT2D eigenvalue weighted by Gasteiger charge is 2.09. The van der Waals surface area contributed by atoms with Crippen LogP contribution in [0.2, 0.25) is 0 Å². The zero-order valence-electron chi connectivity index (χ0n) is 7.79. The highest BCUT2D eigenvalue weighted by atomic mass is 32.2. The van der Waals surface area contributed by atoms with Crippen molar-refractivity contribution in [2.45, 2.75) is 11.1 Å². The molecule has 0 saturated heterocycles. The molecule has 0 aliphatic rings. The van der Waals surface area contributed by atoms with Gasteiger partial charge in [-0.05, 0) is 18.2 Å². The van der Waals surface area contributed by atoms with E-state index in [1.165, 1.54) is 18.2 Å². The molecule has 0 spiro atoms. The lowest BCUT2D eigenvalue weighted by atomic mass is 10.3. The summed E-state index contributed by atoms with van der Waals surface area (Å²) >= 11 is 0. The summed E-state index contributed by atoms with van der Waals surface area (Å²) in [4.78, 5) is -0.209. The van der Waals surface area contributed by atoms with Crippen LogP contribution in [0.1, 0.15) is 0 Å². The summed E-state index contributed by atoms with van der Waals surface area (Å²) in [5.74, 6) is 0. The third-order valence-electron chi connectivity index (χ3n) is 1.65. The van der Waals surface area contributed by atoms with Gasteiger partial charge in [0.2, 0.25) is 0 Å². The zero-order valence-corrected chi connectivity index (χ0v) is 8.61. The first kappa shape index (κ1) is 11.9. The fourth-order valence-corrected chi connectivity index (χ4v) is 1.52. The highest BCUT2D eigenvalue weighted by molar-refractivity contribution is 7.85. The van der Waals surface area contributed by atoms with Gasteiger partial charge in [-0.2, -0.15) is 8.42 Å². The van der Waals surface area contributed by atoms with Gasteiger partial charge in [0.1, 0.15) is 6.23 Å². The van der Waals surface area contributed by atoms with Gasteiger partial charge in [-0.3, -0.25) is 4.55 Å². The second-order valence-corrected chi connectivity index (χ2v) is 4.37. The van der Waals surface area contributed by atoms with E-state index in [1.54, 1.807) is 6.07 Å². The van der Waals surface area contributed by atoms with Crippen LogP contribution in [0.3, 0.4) is 0 Å². The Bertz CT molecular complexity index is 430. The lowest BCUT2D eigenvalue weighted by Crippen LogP contribution is -2.28. The Morgan fingerprint density at radius 2 is 2.13 bits per heavy atom. The first-order valence-electron chi connectivity index (χ1n) is 4.14. The summed E-state index contributed by atoms with van der Waals surface area (Å²) in [6, 6.07) is 5.57. The van der Waals surface area contributed by atoms with Crippen LogP contribution in [0.4, 0.5) is 5.69 Å². The molecule has 1 atom stereocenters. The molecule has 1 unspecified atom stereocenters. The summed E-state index contributed by atoms with van der Waals surface area (Å²) in [5.41, 5.74) is 5.54. The number of aliphatic hydroxyl groups is 1. The van der Waals surface area contributed by atoms with E-state index in [0.29, 0.717) is 5.69 Å². The topological polar surface area (TPSA) is 113 Å². The molecule has 0 aromatic heterocycles. The molecule has 0 amide bonds. The van der Waals surface area contributed by atoms with Crippen molar-refractivity contribution in [3.63, 3.8) is 0 Å². The monoisotopic (exact) mass is 232 g/mol. The van der Waals surface area contributed by atoms with Gasteiger partial charge in [0.15, 0.2) is 0 Å². The van der Waals surface area contributed by atoms with Crippen molar-refractivity contribution in [2.75, 3.05) is 11.9 Å². The van der Waals surface area contributed by atoms with E-state index in [0.717, 1.165) is 0 Å². The van der Waals surface area contributed by atoms with Gasteiger partial charge in [0.05, 0.1) is 11.4 Å². The molecule has 84 valence electrons. The number of hydrogen-bond donors (Lipinski definition) is 4. The van der Waals surface area contributed by atoms with Gasteiger partial charge in [-0.15, -0.1) is 0 Å². The Hall–Kier alpha value is -1.15. The maximum atomic E-state index is 10.8. The Morgan fingerprint density at radius 3 is 2.67 bits per heavy atom. The van der Waals surface area contributed by atoms with E-state index < -0.39 is 16.3 Å². The minimum absolute atomic E-state index is 0.0922. The standard InChI is InChI=1S/C8H12N2O4S/c9-8(11)5-10-6-2-1-3-7(4-6)15(12,13)14/h1-4,8,10-11H,5,9H2,(H,12,13,14). The molecular weight excluding hydrogens is 220 g/mol. The summed E-state index contributed by atoms with van der Waals surface area (Å²) in [6.07, 6.45) is -1.03. The van der Waals surface area contributed by atoms with Crippen LogP contribution >= 0.6 is 0 Å². The molecule has 0 aliphatic carbocycles. The van der Waals surface area contributed by atoms with E-state index in [1.807, 2.05) is 0 Å². The molecule has 1 aromatic carbocycles. The number of benzene rings is 1. The largest absolute Gasteiger partial charge is 0.381 e. The van der Waals surface area contributed by atoms with Crippen LogP contribution in [0.25, 0.3) is 0 Å². The number of rotatable bonds is 4. The lowest BCUT2D eigenvalue weighted by Gasteiger charge is -2.08. The second kappa shape index (κ2) is 4.58. The van der Waals surface area contributed by atoms with Crippen molar-refractivity contribution in [1.29, 1.82) is 0 Å². The van der Waals surface area contributed by atoms with E-state index >= 15 is 0 Å². The first-order valence-corrected chi connectivity index (χ1v) is 5.58. The number of hydrogen-bond acceptors (Lipinski definition) is 5. The minimum Gasteiger partial charge on any atom is -0.381 e. The number of nitrogens with one attached hydrogen (secondary N) is 1. The Kier molecular flexibility index (Phi) is 3.64. The number of aliphatic hydroxyl groups excluding tert-OH is 1. The Labute approximate surface area is 87.5 Å². The summed E-state index contributed by atoms with van der Waals surface area (Å²) in [7, 11) is -4.20. The van der Waals surface area contributed by atoms with Crippen LogP contribution < -0.4 is 11.1 Å². The van der Waals surface area contributed by atoms with Crippen molar-refractivity contribution >= 4 is 15.8 Å². The van der Waals surface area contributed by atoms with E-state index in [4.69, 9.17) is 15.4 Å². The van der Waals surface area contributed by atoms with Crippen molar-refractivity contribution in [3.8, 4) is 0 Å². The van der Waals surface area contributed by atoms with Crippen LogP contribution in [0.15, 0.2) is 29.2 Å². The van der Waals surface area contributed by atoms with E-state index in [2.05, 4.69) is 5.32 Å². The lowest BCUT2D eigenvalue weighted by molar-refractivity contribution is 0.196. The molecule has 6 nitrogen and oxygen atoms in total. The highest BCUT2D eigenvalue weighted by Crippen LogP contribution is 2.14. The maximum Gasteiger partial charge on any atom is 0.294 e. The molecule has 0 fully saturated rings. The van der Waals surface area contributed by atoms with Crippen molar-refractivity contribution < 1.29 is 18.1 Å². The van der Waals surface area contributed by atoms with Gasteiger partial charge in [-0.1, -0.05) is 6.07 Å². The van der Waals surface area contributed by atoms with Gasteiger partial charge < -0.3 is 16.2 Å². The summed E-state index contributed by atoms with van der Waals surface area (Å²) < 4.78 is 30.3. The van der Waals surface area contributed by atoms with Crippen LogP contribution in [0.5, 0.6) is 0 Å². The average molecular weight is 232 g/mol. The molecule has 0 radical (unpaired) electrons. The quantitative estimate of drug-likeness (QED) is 0.416. The van der Waals surface area contributed by atoms with E-state index in [-0.39, 0.29) is 11.4 Å². The predicted octanol–water partition coefficient (Wildman–Crippen LogP) is -0.378. The molecule has 1 rings (SSSR count). The number of anilines is 1. The van der Waals surface area contributed by atoms with Gasteiger partial charge in [0.25, 0.3) is 10.1 Å². The molecular formula is C8H12N2O4S. The molecule has 15 heavy (non-hydrogen) atoms. The SMILES string of the molecule is NC(O)CNc1cccc(S(=O)(=O)O)c1. The molecule has 0 bridgehead atoms. The smallest absolute Gasteiger partial charge is 0.294 e. The van der Waals surface area contributed by atoms with Gasteiger partial charge in [-0.25, -0.2) is 0 Å². The minimum atomic E-state index is -4.20. The summed E-state index contributed by atoms with van der Waals surface area (Å²) in [6.45, 7) is 0.0922. The molecule has 0 saturated carbocycles. The summed E-state index contributed by atoms with van der Waals surface area (Å²) in [5, 5.41) is 11.5. The Morgan fingerprint density at radius 1 is 1.47 bits per heavy atom. The van der Waals surface area contributed by atoms with Crippen molar-refractivity contribution in [3.05, 3.63) is 24.3 Å². The third kappa shape index (κ3) is 3.84. The fourth-order valence-electron chi connectivity index (χ4n) is 0.989. The predicted molar refractivity (Wildman–Crippen MR) is 54.9 cm³/mol. The van der Waals surface area contributed by atoms with Gasteiger partial charge >= 0.3 is 0 Å². The maximum absolute atomic E-state index is 10.8. The molecule has 5 N–H and O–H groups in total. The average Bonchev–Trinajstić information content (AvgIpc) is 2.14. The normalized spacial score (nSPS) is 13.5. The van der Waals surface area contributed by atoms with Crippen LogP contribution in [-0.4, -0.2) is 30.8 Å². The van der Waals surface area contributed by atoms with E-state index in [9.17, 15) is 8.42 Å². The van der Waals surface area contributed by atoms with Crippen LogP contribution in [-0.2, 0) is 10.1 Å². The molecule has 0 aliphatic heterocycles. The fraction of sp³-hybridized carbons (Fsp3) is 0.250.